The maximum atomic E-state index is 11.8. The highest BCUT2D eigenvalue weighted by molar-refractivity contribution is 5.47. The van der Waals surface area contributed by atoms with Crippen LogP contribution in [0.3, 0.4) is 0 Å². The fourth-order valence-electron chi connectivity index (χ4n) is 1.86. The smallest absolute Gasteiger partial charge is 0.351 e. The Bertz CT molecular complexity index is 616. The summed E-state index contributed by atoms with van der Waals surface area (Å²) < 4.78 is 6.45. The van der Waals surface area contributed by atoms with Crippen molar-refractivity contribution in [1.82, 2.24) is 9.55 Å². The summed E-state index contributed by atoms with van der Waals surface area (Å²) in [5, 5.41) is 18.8. The van der Waals surface area contributed by atoms with Crippen LogP contribution in [0.2, 0.25) is 0 Å². The Morgan fingerprint density at radius 1 is 1.68 bits per heavy atom. The van der Waals surface area contributed by atoms with Gasteiger partial charge < -0.3 is 20.7 Å². The van der Waals surface area contributed by atoms with Gasteiger partial charge in [-0.15, -0.1) is 6.42 Å². The average Bonchev–Trinajstić information content (AvgIpc) is 2.67. The maximum absolute atomic E-state index is 11.8. The Hall–Kier alpha value is -2.14. The van der Waals surface area contributed by atoms with Crippen molar-refractivity contribution in [3.63, 3.8) is 0 Å². The van der Waals surface area contributed by atoms with E-state index < -0.39 is 30.7 Å². The van der Waals surface area contributed by atoms with Gasteiger partial charge in [0.2, 0.25) is 0 Å². The summed E-state index contributed by atoms with van der Waals surface area (Å²) in [6, 6.07) is 0. The number of hydrogen-bond acceptors (Lipinski definition) is 6. The fourth-order valence-corrected chi connectivity index (χ4v) is 1.86. The van der Waals surface area contributed by atoms with E-state index in [9.17, 15) is 9.90 Å². The first-order valence-electron chi connectivity index (χ1n) is 5.48. The molecule has 1 unspecified atom stereocenters. The zero-order valence-electron chi connectivity index (χ0n) is 9.98. The molecule has 0 amide bonds. The van der Waals surface area contributed by atoms with Gasteiger partial charge >= 0.3 is 5.69 Å². The van der Waals surface area contributed by atoms with Crippen molar-refractivity contribution < 1.29 is 14.9 Å². The van der Waals surface area contributed by atoms with Crippen LogP contribution in [-0.4, -0.2) is 38.6 Å². The summed E-state index contributed by atoms with van der Waals surface area (Å²) in [5.74, 6) is 2.24. The van der Waals surface area contributed by atoms with Crippen molar-refractivity contribution in [2.45, 2.75) is 18.4 Å². The molecule has 1 aromatic heterocycles. The molecule has 0 radical (unpaired) electrons. The van der Waals surface area contributed by atoms with E-state index in [0.717, 1.165) is 4.57 Å². The molecule has 1 saturated heterocycles. The molecule has 100 valence electrons. The van der Waals surface area contributed by atoms with Crippen LogP contribution in [0.15, 0.2) is 23.1 Å². The SMILES string of the molecule is C#Cc1cn([C@@H]2O[C@H](CO)C(O)C2=C)c(=O)nc1N. The van der Waals surface area contributed by atoms with Crippen LogP contribution in [0.4, 0.5) is 5.82 Å². The minimum atomic E-state index is -1.06. The van der Waals surface area contributed by atoms with E-state index in [4.69, 9.17) is 22.0 Å². The molecule has 19 heavy (non-hydrogen) atoms. The van der Waals surface area contributed by atoms with Crippen molar-refractivity contribution >= 4 is 5.82 Å². The number of nitrogens with zero attached hydrogens (tertiary/aromatic N) is 2. The van der Waals surface area contributed by atoms with Gasteiger partial charge in [-0.25, -0.2) is 4.79 Å². The number of ether oxygens (including phenoxy) is 1. The van der Waals surface area contributed by atoms with Crippen LogP contribution >= 0.6 is 0 Å². The highest BCUT2D eigenvalue weighted by Gasteiger charge is 2.38. The van der Waals surface area contributed by atoms with Crippen molar-refractivity contribution in [2.75, 3.05) is 12.3 Å². The third-order valence-electron chi connectivity index (χ3n) is 2.92. The van der Waals surface area contributed by atoms with Crippen molar-refractivity contribution in [2.24, 2.45) is 0 Å². The summed E-state index contributed by atoms with van der Waals surface area (Å²) in [6.45, 7) is 3.26. The van der Waals surface area contributed by atoms with E-state index in [1.54, 1.807) is 0 Å². The van der Waals surface area contributed by atoms with E-state index in [1.807, 2.05) is 0 Å². The summed E-state index contributed by atoms with van der Waals surface area (Å²) >= 11 is 0. The quantitative estimate of drug-likeness (QED) is 0.448. The third-order valence-corrected chi connectivity index (χ3v) is 2.92. The second-order valence-corrected chi connectivity index (χ2v) is 4.10. The normalized spacial score (nSPS) is 26.4. The van der Waals surface area contributed by atoms with E-state index in [-0.39, 0.29) is 17.0 Å². The van der Waals surface area contributed by atoms with Crippen LogP contribution in [0.25, 0.3) is 0 Å². The molecule has 2 rings (SSSR count). The topological polar surface area (TPSA) is 111 Å². The maximum Gasteiger partial charge on any atom is 0.351 e. The molecule has 7 heteroatoms. The predicted molar refractivity (Wildman–Crippen MR) is 67.0 cm³/mol. The monoisotopic (exact) mass is 263 g/mol. The number of aromatic nitrogens is 2. The Kier molecular flexibility index (Phi) is 3.40. The lowest BCUT2D eigenvalue weighted by molar-refractivity contribution is -0.0447. The molecule has 2 heterocycles. The molecule has 1 aromatic rings. The highest BCUT2D eigenvalue weighted by atomic mass is 16.5. The van der Waals surface area contributed by atoms with E-state index in [0.29, 0.717) is 0 Å². The lowest BCUT2D eigenvalue weighted by Gasteiger charge is -2.15. The van der Waals surface area contributed by atoms with Crippen molar-refractivity contribution in [1.29, 1.82) is 0 Å². The molecule has 0 saturated carbocycles. The molecule has 1 aliphatic rings. The summed E-state index contributed by atoms with van der Waals surface area (Å²) in [4.78, 5) is 15.4. The second kappa shape index (κ2) is 4.85. The lowest BCUT2D eigenvalue weighted by Crippen LogP contribution is -2.29. The molecule has 3 atom stereocenters. The summed E-state index contributed by atoms with van der Waals surface area (Å²) in [5.41, 5.74) is 5.30. The Morgan fingerprint density at radius 2 is 2.37 bits per heavy atom. The summed E-state index contributed by atoms with van der Waals surface area (Å²) in [7, 11) is 0. The molecule has 0 spiro atoms. The van der Waals surface area contributed by atoms with Gasteiger partial charge in [0.05, 0.1) is 12.2 Å². The minimum absolute atomic E-state index is 0.0494. The Morgan fingerprint density at radius 3 is 2.89 bits per heavy atom. The average molecular weight is 263 g/mol. The van der Waals surface area contributed by atoms with Gasteiger partial charge in [0.25, 0.3) is 0 Å². The number of terminal acetylenes is 1. The van der Waals surface area contributed by atoms with Gasteiger partial charge in [0, 0.05) is 11.8 Å². The molecule has 1 fully saturated rings. The van der Waals surface area contributed by atoms with Crippen LogP contribution in [0.5, 0.6) is 0 Å². The standard InChI is InChI=1S/C12H13N3O4/c1-3-7-4-15(12(18)14-10(7)13)11-6(2)9(17)8(5-16)19-11/h1,4,8-9,11,16-17H,2,5H2,(H2,13,14,18)/t8-,9?,11-/m1/s1. The number of aliphatic hydroxyl groups excluding tert-OH is 2. The van der Waals surface area contributed by atoms with E-state index >= 15 is 0 Å². The van der Waals surface area contributed by atoms with Crippen molar-refractivity contribution in [3.05, 3.63) is 34.4 Å². The first-order chi connectivity index (χ1) is 8.99. The van der Waals surface area contributed by atoms with Gasteiger partial charge in [0.15, 0.2) is 6.23 Å². The first-order valence-corrected chi connectivity index (χ1v) is 5.48. The van der Waals surface area contributed by atoms with E-state index in [1.165, 1.54) is 6.20 Å². The Labute approximate surface area is 109 Å². The van der Waals surface area contributed by atoms with Gasteiger partial charge in [-0.2, -0.15) is 4.98 Å². The molecule has 7 nitrogen and oxygen atoms in total. The van der Waals surface area contributed by atoms with E-state index in [2.05, 4.69) is 17.5 Å². The molecular formula is C12H13N3O4. The number of aliphatic hydroxyl groups is 2. The van der Waals surface area contributed by atoms with Crippen LogP contribution in [-0.2, 0) is 4.74 Å². The fraction of sp³-hybridized carbons (Fsp3) is 0.333. The number of hydrogen-bond donors (Lipinski definition) is 3. The van der Waals surface area contributed by atoms with Crippen LogP contribution in [0, 0.1) is 12.3 Å². The number of nitrogen functional groups attached to an aromatic ring is 1. The van der Waals surface area contributed by atoms with Crippen LogP contribution < -0.4 is 11.4 Å². The number of anilines is 1. The van der Waals surface area contributed by atoms with Gasteiger partial charge in [-0.3, -0.25) is 4.57 Å². The van der Waals surface area contributed by atoms with Crippen LogP contribution in [0.1, 0.15) is 11.8 Å². The number of rotatable bonds is 2. The first kappa shape index (κ1) is 13.3. The number of nitrogens with two attached hydrogens (primary N) is 1. The zero-order valence-corrected chi connectivity index (χ0v) is 9.98. The third kappa shape index (κ3) is 2.13. The Balaban J connectivity index is 2.47. The molecule has 4 N–H and O–H groups in total. The summed E-state index contributed by atoms with van der Waals surface area (Å²) in [6.07, 6.45) is 3.73. The van der Waals surface area contributed by atoms with Gasteiger partial charge in [-0.05, 0) is 0 Å². The van der Waals surface area contributed by atoms with Gasteiger partial charge in [0.1, 0.15) is 18.0 Å². The van der Waals surface area contributed by atoms with Gasteiger partial charge in [-0.1, -0.05) is 12.5 Å². The molecule has 1 aliphatic heterocycles. The minimum Gasteiger partial charge on any atom is -0.394 e. The molecule has 0 bridgehead atoms. The zero-order chi connectivity index (χ0) is 14.2. The molecular weight excluding hydrogens is 250 g/mol. The molecule has 0 aromatic carbocycles. The molecule has 0 aliphatic carbocycles. The second-order valence-electron chi connectivity index (χ2n) is 4.10. The van der Waals surface area contributed by atoms with Crippen molar-refractivity contribution in [3.8, 4) is 12.3 Å². The highest BCUT2D eigenvalue weighted by Crippen LogP contribution is 2.32. The largest absolute Gasteiger partial charge is 0.394 e. The predicted octanol–water partition coefficient (Wildman–Crippen LogP) is -1.39. The lowest BCUT2D eigenvalue weighted by atomic mass is 10.1.